The van der Waals surface area contributed by atoms with Gasteiger partial charge >= 0.3 is 0 Å². The van der Waals surface area contributed by atoms with Gasteiger partial charge in [0.15, 0.2) is 0 Å². The van der Waals surface area contributed by atoms with E-state index in [0.29, 0.717) is 24.1 Å². The molecule has 0 fully saturated rings. The Kier molecular flexibility index (Phi) is 6.61. The van der Waals surface area contributed by atoms with Crippen molar-refractivity contribution in [2.24, 2.45) is 0 Å². The zero-order valence-corrected chi connectivity index (χ0v) is 16.4. The Hall–Kier alpha value is -2.65. The zero-order chi connectivity index (χ0) is 19.1. The fourth-order valence-electron chi connectivity index (χ4n) is 2.22. The Morgan fingerprint density at radius 1 is 1.19 bits per heavy atom. The molecule has 1 atom stereocenters. The molecule has 1 amide bonds. The van der Waals surface area contributed by atoms with E-state index in [1.807, 2.05) is 54.8 Å². The van der Waals surface area contributed by atoms with E-state index in [4.69, 9.17) is 5.73 Å². The third-order valence-corrected chi connectivity index (χ3v) is 5.59. The molecule has 0 aliphatic rings. The fraction of sp³-hybridized carbons (Fsp3) is 0.222. The van der Waals surface area contributed by atoms with Crippen molar-refractivity contribution in [2.45, 2.75) is 24.5 Å². The molecule has 9 heteroatoms. The maximum Gasteiger partial charge on any atom is 0.233 e. The lowest BCUT2D eigenvalue weighted by Crippen LogP contribution is -2.30. The molecule has 1 unspecified atom stereocenters. The monoisotopic (exact) mass is 400 g/mol. The molecular formula is C18H20N6OS2. The first-order chi connectivity index (χ1) is 13.1. The van der Waals surface area contributed by atoms with Crippen molar-refractivity contribution in [1.82, 2.24) is 20.3 Å². The lowest BCUT2D eigenvalue weighted by atomic mass is 10.3. The molecule has 140 valence electrons. The van der Waals surface area contributed by atoms with Gasteiger partial charge < -0.3 is 16.4 Å². The van der Waals surface area contributed by atoms with Gasteiger partial charge in [0.25, 0.3) is 0 Å². The van der Waals surface area contributed by atoms with Gasteiger partial charge in [-0.2, -0.15) is 15.0 Å². The van der Waals surface area contributed by atoms with E-state index < -0.39 is 0 Å². The molecule has 4 N–H and O–H groups in total. The predicted octanol–water partition coefficient (Wildman–Crippen LogP) is 3.20. The lowest BCUT2D eigenvalue weighted by Gasteiger charge is -2.12. The highest BCUT2D eigenvalue weighted by Gasteiger charge is 2.15. The van der Waals surface area contributed by atoms with Gasteiger partial charge in [0.2, 0.25) is 17.8 Å². The average Bonchev–Trinajstić information content (AvgIpc) is 3.18. The molecule has 0 radical (unpaired) electrons. The van der Waals surface area contributed by atoms with Gasteiger partial charge in [0.1, 0.15) is 5.82 Å². The predicted molar refractivity (Wildman–Crippen MR) is 111 cm³/mol. The Morgan fingerprint density at radius 3 is 2.74 bits per heavy atom. The highest BCUT2D eigenvalue weighted by molar-refractivity contribution is 7.99. The van der Waals surface area contributed by atoms with E-state index in [0.717, 1.165) is 10.6 Å². The summed E-state index contributed by atoms with van der Waals surface area (Å²) in [4.78, 5) is 26.0. The summed E-state index contributed by atoms with van der Waals surface area (Å²) < 4.78 is 0. The number of thiophene rings is 1. The topological polar surface area (TPSA) is 106 Å². The molecule has 3 aromatic rings. The molecule has 7 nitrogen and oxygen atoms in total. The molecule has 0 bridgehead atoms. The van der Waals surface area contributed by atoms with Crippen LogP contribution in [0.25, 0.3) is 0 Å². The number of nitrogens with two attached hydrogens (primary N) is 1. The molecule has 3 rings (SSSR count). The van der Waals surface area contributed by atoms with Crippen molar-refractivity contribution in [2.75, 3.05) is 11.1 Å². The average molecular weight is 401 g/mol. The fourth-order valence-corrected chi connectivity index (χ4v) is 3.62. The summed E-state index contributed by atoms with van der Waals surface area (Å²) in [6.45, 7) is 2.41. The van der Waals surface area contributed by atoms with Crippen LogP contribution in [0, 0.1) is 0 Å². The summed E-state index contributed by atoms with van der Waals surface area (Å²) in [5, 5.41) is 7.80. The van der Waals surface area contributed by atoms with Crippen molar-refractivity contribution in [3.8, 4) is 0 Å². The number of amides is 1. The molecule has 27 heavy (non-hydrogen) atoms. The number of hydrogen-bond donors (Lipinski definition) is 3. The first-order valence-electron chi connectivity index (χ1n) is 8.34. The largest absolute Gasteiger partial charge is 0.368 e. The van der Waals surface area contributed by atoms with Crippen molar-refractivity contribution in [3.63, 3.8) is 0 Å². The Bertz CT molecular complexity index is 873. The van der Waals surface area contributed by atoms with E-state index in [1.165, 1.54) is 11.8 Å². The minimum Gasteiger partial charge on any atom is -0.368 e. The van der Waals surface area contributed by atoms with Crippen LogP contribution in [0.3, 0.4) is 0 Å². The minimum atomic E-state index is -0.228. The van der Waals surface area contributed by atoms with Crippen molar-refractivity contribution >= 4 is 46.6 Å². The number of carbonyl (C=O) groups is 1. The number of aromatic nitrogens is 3. The van der Waals surface area contributed by atoms with Gasteiger partial charge in [0, 0.05) is 10.6 Å². The summed E-state index contributed by atoms with van der Waals surface area (Å²) in [7, 11) is 0. The number of benzene rings is 1. The number of nitrogens with zero attached hydrogens (tertiary/aromatic N) is 3. The number of thioether (sulfide) groups is 1. The SMILES string of the molecule is CC(SCc1nc(N)nc(Nc2ccccc2)n1)C(=O)NCc1cccs1. The van der Waals surface area contributed by atoms with Crippen LogP contribution >= 0.6 is 23.1 Å². The van der Waals surface area contributed by atoms with Gasteiger partial charge in [0.05, 0.1) is 17.5 Å². The molecule has 1 aromatic carbocycles. The summed E-state index contributed by atoms with van der Waals surface area (Å²) in [5.41, 5.74) is 6.66. The number of rotatable bonds is 8. The van der Waals surface area contributed by atoms with Crippen LogP contribution in [-0.4, -0.2) is 26.1 Å². The van der Waals surface area contributed by atoms with Crippen molar-refractivity contribution < 1.29 is 4.79 Å². The van der Waals surface area contributed by atoms with Crippen molar-refractivity contribution in [1.29, 1.82) is 0 Å². The van der Waals surface area contributed by atoms with E-state index in [-0.39, 0.29) is 17.1 Å². The zero-order valence-electron chi connectivity index (χ0n) is 14.8. The second kappa shape index (κ2) is 9.33. The smallest absolute Gasteiger partial charge is 0.233 e. The molecule has 0 saturated heterocycles. The number of carbonyl (C=O) groups excluding carboxylic acids is 1. The molecule has 2 aromatic heterocycles. The van der Waals surface area contributed by atoms with Gasteiger partial charge in [-0.3, -0.25) is 4.79 Å². The quantitative estimate of drug-likeness (QED) is 0.533. The van der Waals surface area contributed by atoms with Gasteiger partial charge in [-0.15, -0.1) is 23.1 Å². The van der Waals surface area contributed by atoms with Crippen LogP contribution in [0.2, 0.25) is 0 Å². The maximum atomic E-state index is 12.2. The van der Waals surface area contributed by atoms with Gasteiger partial charge in [-0.25, -0.2) is 0 Å². The number of para-hydroxylation sites is 1. The lowest BCUT2D eigenvalue weighted by molar-refractivity contribution is -0.120. The van der Waals surface area contributed by atoms with E-state index in [2.05, 4.69) is 25.6 Å². The van der Waals surface area contributed by atoms with E-state index in [9.17, 15) is 4.79 Å². The van der Waals surface area contributed by atoms with E-state index >= 15 is 0 Å². The van der Waals surface area contributed by atoms with Gasteiger partial charge in [-0.1, -0.05) is 24.3 Å². The van der Waals surface area contributed by atoms with Crippen molar-refractivity contribution in [3.05, 3.63) is 58.5 Å². The number of anilines is 3. The van der Waals surface area contributed by atoms with Gasteiger partial charge in [-0.05, 0) is 30.5 Å². The first kappa shape index (κ1) is 19.1. The molecular weight excluding hydrogens is 380 g/mol. The molecule has 0 aliphatic heterocycles. The highest BCUT2D eigenvalue weighted by atomic mass is 32.2. The maximum absolute atomic E-state index is 12.2. The summed E-state index contributed by atoms with van der Waals surface area (Å²) in [6.07, 6.45) is 0. The van der Waals surface area contributed by atoms with E-state index in [1.54, 1.807) is 11.3 Å². The second-order valence-electron chi connectivity index (χ2n) is 5.67. The summed E-state index contributed by atoms with van der Waals surface area (Å²) in [5.74, 6) is 1.51. The third kappa shape index (κ3) is 5.93. The molecule has 2 heterocycles. The van der Waals surface area contributed by atoms with Crippen LogP contribution in [0.4, 0.5) is 17.6 Å². The standard InChI is InChI=1S/C18H20N6OS2/c1-12(16(25)20-10-14-8-5-9-26-14)27-11-15-22-17(19)24-18(23-15)21-13-6-3-2-4-7-13/h2-9,12H,10-11H2,1H3,(H,20,25)(H3,19,21,22,23,24). The molecule has 0 spiro atoms. The van der Waals surface area contributed by atoms with Crippen LogP contribution in [-0.2, 0) is 17.1 Å². The normalized spacial score (nSPS) is 11.7. The number of hydrogen-bond acceptors (Lipinski definition) is 8. The first-order valence-corrected chi connectivity index (χ1v) is 10.3. The minimum absolute atomic E-state index is 0.0157. The number of nitrogen functional groups attached to an aromatic ring is 1. The molecule has 0 aliphatic carbocycles. The Labute approximate surface area is 165 Å². The summed E-state index contributed by atoms with van der Waals surface area (Å²) >= 11 is 3.08. The Morgan fingerprint density at radius 2 is 2.00 bits per heavy atom. The number of nitrogens with one attached hydrogen (secondary N) is 2. The van der Waals surface area contributed by atoms with Crippen LogP contribution in [0.15, 0.2) is 47.8 Å². The second-order valence-corrected chi connectivity index (χ2v) is 8.04. The van der Waals surface area contributed by atoms with Crippen LogP contribution < -0.4 is 16.4 Å². The highest BCUT2D eigenvalue weighted by Crippen LogP contribution is 2.19. The van der Waals surface area contributed by atoms with Crippen LogP contribution in [0.5, 0.6) is 0 Å². The molecule has 0 saturated carbocycles. The Balaban J connectivity index is 1.54. The summed E-state index contributed by atoms with van der Waals surface area (Å²) in [6, 6.07) is 13.6. The van der Waals surface area contributed by atoms with Crippen LogP contribution in [0.1, 0.15) is 17.6 Å². The third-order valence-electron chi connectivity index (χ3n) is 3.58.